The van der Waals surface area contributed by atoms with Crippen molar-refractivity contribution in [2.24, 2.45) is 11.3 Å². The summed E-state index contributed by atoms with van der Waals surface area (Å²) in [5, 5.41) is 20.1. The Bertz CT molecular complexity index is 546. The third-order valence-corrected chi connectivity index (χ3v) is 5.05. The number of benzene rings is 1. The molecule has 0 saturated heterocycles. The average molecular weight is 275 g/mol. The molecule has 0 heterocycles. The van der Waals surface area contributed by atoms with E-state index < -0.39 is 11.4 Å². The molecule has 0 radical (unpaired) electrons. The number of aliphatic hydroxyl groups is 1. The molecular weight excluding hydrogens is 253 g/mol. The first kappa shape index (κ1) is 15.0. The predicted octanol–water partition coefficient (Wildman–Crippen LogP) is 3.82. The summed E-state index contributed by atoms with van der Waals surface area (Å²) >= 11 is 0. The number of rotatable bonds is 2. The van der Waals surface area contributed by atoms with Crippen LogP contribution >= 0.6 is 0 Å². The first-order chi connectivity index (χ1) is 9.30. The molecule has 1 fully saturated rings. The molecule has 1 aromatic rings. The summed E-state index contributed by atoms with van der Waals surface area (Å²) in [5.74, 6) is -0.305. The van der Waals surface area contributed by atoms with Gasteiger partial charge in [0.2, 0.25) is 0 Å². The molecule has 20 heavy (non-hydrogen) atoms. The van der Waals surface area contributed by atoms with Gasteiger partial charge < -0.3 is 5.11 Å². The SMILES string of the molecule is C[C@H]1CCCC(C)(C)[C@@]1(O)Cc1ccc(F)c(C#N)c1. The molecule has 0 aromatic heterocycles. The summed E-state index contributed by atoms with van der Waals surface area (Å²) in [6.07, 6.45) is 3.59. The lowest BCUT2D eigenvalue weighted by molar-refractivity contribution is -0.132. The summed E-state index contributed by atoms with van der Waals surface area (Å²) in [7, 11) is 0. The first-order valence-corrected chi connectivity index (χ1v) is 7.21. The normalized spacial score (nSPS) is 28.9. The van der Waals surface area contributed by atoms with Crippen LogP contribution in [0.1, 0.15) is 51.2 Å². The minimum absolute atomic E-state index is 0.0485. The van der Waals surface area contributed by atoms with Gasteiger partial charge in [-0.05, 0) is 41.9 Å². The Labute approximate surface area is 120 Å². The number of nitriles is 1. The van der Waals surface area contributed by atoms with E-state index in [2.05, 4.69) is 20.8 Å². The molecule has 0 amide bonds. The largest absolute Gasteiger partial charge is 0.389 e. The van der Waals surface area contributed by atoms with E-state index in [9.17, 15) is 9.50 Å². The van der Waals surface area contributed by atoms with Gasteiger partial charge in [-0.1, -0.05) is 33.3 Å². The summed E-state index contributed by atoms with van der Waals surface area (Å²) in [6, 6.07) is 6.41. The number of hydrogen-bond acceptors (Lipinski definition) is 2. The molecule has 0 spiro atoms. The summed E-state index contributed by atoms with van der Waals surface area (Å²) in [5.41, 5.74) is -0.110. The summed E-state index contributed by atoms with van der Waals surface area (Å²) < 4.78 is 13.4. The van der Waals surface area contributed by atoms with Crippen molar-refractivity contribution in [1.82, 2.24) is 0 Å². The van der Waals surface area contributed by atoms with Crippen LogP contribution < -0.4 is 0 Å². The highest BCUT2D eigenvalue weighted by Gasteiger charge is 2.49. The third-order valence-electron chi connectivity index (χ3n) is 5.05. The minimum atomic E-state index is -0.810. The van der Waals surface area contributed by atoms with E-state index in [4.69, 9.17) is 5.26 Å². The van der Waals surface area contributed by atoms with Crippen molar-refractivity contribution in [2.45, 2.75) is 52.1 Å². The zero-order chi connectivity index (χ0) is 15.0. The highest BCUT2D eigenvalue weighted by Crippen LogP contribution is 2.48. The molecular formula is C17H22FNO. The fourth-order valence-corrected chi connectivity index (χ4v) is 3.47. The maximum Gasteiger partial charge on any atom is 0.140 e. The molecule has 2 atom stereocenters. The molecule has 1 N–H and O–H groups in total. The van der Waals surface area contributed by atoms with Gasteiger partial charge in [-0.2, -0.15) is 5.26 Å². The van der Waals surface area contributed by atoms with Gasteiger partial charge in [0.15, 0.2) is 0 Å². The average Bonchev–Trinajstić information content (AvgIpc) is 2.38. The van der Waals surface area contributed by atoms with Crippen LogP contribution in [0.25, 0.3) is 0 Å². The molecule has 2 nitrogen and oxygen atoms in total. The van der Waals surface area contributed by atoms with Gasteiger partial charge in [0.1, 0.15) is 11.9 Å². The van der Waals surface area contributed by atoms with E-state index in [1.165, 1.54) is 6.07 Å². The van der Waals surface area contributed by atoms with E-state index in [-0.39, 0.29) is 16.9 Å². The smallest absolute Gasteiger partial charge is 0.140 e. The van der Waals surface area contributed by atoms with Gasteiger partial charge in [-0.25, -0.2) is 4.39 Å². The summed E-state index contributed by atoms with van der Waals surface area (Å²) in [4.78, 5) is 0. The highest BCUT2D eigenvalue weighted by atomic mass is 19.1. The highest BCUT2D eigenvalue weighted by molar-refractivity contribution is 5.35. The van der Waals surface area contributed by atoms with E-state index in [0.29, 0.717) is 6.42 Å². The van der Waals surface area contributed by atoms with Gasteiger partial charge in [0.25, 0.3) is 0 Å². The first-order valence-electron chi connectivity index (χ1n) is 7.21. The van der Waals surface area contributed by atoms with Crippen LogP contribution in [0.15, 0.2) is 18.2 Å². The standard InChI is InChI=1S/C17H22FNO/c1-12-5-4-8-16(2,3)17(12,20)10-13-6-7-15(18)14(9-13)11-19/h6-7,9,12,20H,4-5,8,10H2,1-3H3/t12-,17+/m0/s1. The minimum Gasteiger partial charge on any atom is -0.389 e. The van der Waals surface area contributed by atoms with Gasteiger partial charge in [-0.15, -0.1) is 0 Å². The van der Waals surface area contributed by atoms with Crippen LogP contribution in [0.5, 0.6) is 0 Å². The van der Waals surface area contributed by atoms with E-state index in [0.717, 1.165) is 24.8 Å². The van der Waals surface area contributed by atoms with E-state index in [1.54, 1.807) is 12.1 Å². The maximum absolute atomic E-state index is 13.4. The summed E-state index contributed by atoms with van der Waals surface area (Å²) in [6.45, 7) is 6.27. The molecule has 0 bridgehead atoms. The van der Waals surface area contributed by atoms with Crippen LogP contribution in [0.4, 0.5) is 4.39 Å². The van der Waals surface area contributed by atoms with Gasteiger partial charge in [-0.3, -0.25) is 0 Å². The zero-order valence-corrected chi connectivity index (χ0v) is 12.4. The van der Waals surface area contributed by atoms with Gasteiger partial charge in [0, 0.05) is 6.42 Å². The number of hydrogen-bond donors (Lipinski definition) is 1. The van der Waals surface area contributed by atoms with Crippen molar-refractivity contribution in [2.75, 3.05) is 0 Å². The lowest BCUT2D eigenvalue weighted by Gasteiger charge is -2.51. The second-order valence-electron chi connectivity index (χ2n) is 6.70. The van der Waals surface area contributed by atoms with E-state index in [1.807, 2.05) is 6.07 Å². The second-order valence-corrected chi connectivity index (χ2v) is 6.70. The Hall–Kier alpha value is -1.40. The van der Waals surface area contributed by atoms with Crippen molar-refractivity contribution in [3.63, 3.8) is 0 Å². The molecule has 1 aromatic carbocycles. The monoisotopic (exact) mass is 275 g/mol. The number of nitrogens with zero attached hydrogens (tertiary/aromatic N) is 1. The molecule has 0 aliphatic heterocycles. The zero-order valence-electron chi connectivity index (χ0n) is 12.4. The Kier molecular flexibility index (Phi) is 3.88. The Morgan fingerprint density at radius 2 is 2.15 bits per heavy atom. The second kappa shape index (κ2) is 5.18. The molecule has 3 heteroatoms. The van der Waals surface area contributed by atoms with Crippen LogP contribution in [0.2, 0.25) is 0 Å². The molecule has 1 saturated carbocycles. The maximum atomic E-state index is 13.4. The van der Waals surface area contributed by atoms with Gasteiger partial charge in [0.05, 0.1) is 11.2 Å². The van der Waals surface area contributed by atoms with Crippen LogP contribution in [-0.4, -0.2) is 10.7 Å². The third kappa shape index (κ3) is 2.45. The van der Waals surface area contributed by atoms with Crippen LogP contribution in [-0.2, 0) is 6.42 Å². The molecule has 1 aliphatic carbocycles. The Morgan fingerprint density at radius 3 is 2.75 bits per heavy atom. The topological polar surface area (TPSA) is 44.0 Å². The molecule has 0 unspecified atom stereocenters. The molecule has 2 rings (SSSR count). The van der Waals surface area contributed by atoms with Crippen LogP contribution in [0, 0.1) is 28.5 Å². The van der Waals surface area contributed by atoms with Crippen molar-refractivity contribution in [1.29, 1.82) is 5.26 Å². The van der Waals surface area contributed by atoms with Crippen molar-refractivity contribution >= 4 is 0 Å². The Balaban J connectivity index is 2.34. The Morgan fingerprint density at radius 1 is 1.45 bits per heavy atom. The number of halogens is 1. The fraction of sp³-hybridized carbons (Fsp3) is 0.588. The molecule has 1 aliphatic rings. The van der Waals surface area contributed by atoms with Crippen molar-refractivity contribution in [3.05, 3.63) is 35.1 Å². The molecule has 108 valence electrons. The van der Waals surface area contributed by atoms with E-state index >= 15 is 0 Å². The quantitative estimate of drug-likeness (QED) is 0.891. The lowest BCUT2D eigenvalue weighted by Crippen LogP contribution is -2.54. The van der Waals surface area contributed by atoms with Crippen LogP contribution in [0.3, 0.4) is 0 Å². The van der Waals surface area contributed by atoms with Gasteiger partial charge >= 0.3 is 0 Å². The predicted molar refractivity (Wildman–Crippen MR) is 76.6 cm³/mol. The fourth-order valence-electron chi connectivity index (χ4n) is 3.47. The lowest BCUT2D eigenvalue weighted by atomic mass is 9.59. The van der Waals surface area contributed by atoms with Crippen molar-refractivity contribution in [3.8, 4) is 6.07 Å². The van der Waals surface area contributed by atoms with Crippen molar-refractivity contribution < 1.29 is 9.50 Å².